The topological polar surface area (TPSA) is 92.1 Å². The molecule has 0 unspecified atom stereocenters. The van der Waals surface area contributed by atoms with Crippen molar-refractivity contribution in [2.75, 3.05) is 20.1 Å². The van der Waals surface area contributed by atoms with Crippen molar-refractivity contribution in [2.45, 2.75) is 76.6 Å². The van der Waals surface area contributed by atoms with Crippen LogP contribution in [0.5, 0.6) is 0 Å². The molecule has 2 bridgehead atoms. The van der Waals surface area contributed by atoms with Crippen molar-refractivity contribution in [3.05, 3.63) is 35.9 Å². The SMILES string of the molecule is CN(C(=O)O[C@H]1CCN(C(=O)CC#N)C1)[C@@H](Cc1ccccc1)B1O[C@@H]2C[C@@H]3C[C@@H](C3(C)C)[C@]2(C)O1. The van der Waals surface area contributed by atoms with Gasteiger partial charge in [0.2, 0.25) is 5.91 Å². The predicted octanol–water partition coefficient (Wildman–Crippen LogP) is 3.45. The summed E-state index contributed by atoms with van der Waals surface area (Å²) in [6.45, 7) is 7.66. The smallest absolute Gasteiger partial charge is 0.444 e. The van der Waals surface area contributed by atoms with E-state index in [2.05, 4.69) is 20.8 Å². The molecule has 3 saturated carbocycles. The Morgan fingerprint density at radius 1 is 1.28 bits per heavy atom. The molecule has 2 saturated heterocycles. The largest absolute Gasteiger partial charge is 0.482 e. The summed E-state index contributed by atoms with van der Waals surface area (Å²) in [7, 11) is 1.19. The molecule has 5 aliphatic rings. The van der Waals surface area contributed by atoms with Crippen molar-refractivity contribution >= 4 is 19.1 Å². The summed E-state index contributed by atoms with van der Waals surface area (Å²) in [6.07, 6.45) is 2.32. The zero-order valence-electron chi connectivity index (χ0n) is 21.7. The van der Waals surface area contributed by atoms with Gasteiger partial charge in [-0.15, -0.1) is 0 Å². The molecule has 6 atom stereocenters. The van der Waals surface area contributed by atoms with Gasteiger partial charge < -0.3 is 23.8 Å². The van der Waals surface area contributed by atoms with Gasteiger partial charge >= 0.3 is 13.2 Å². The van der Waals surface area contributed by atoms with Gasteiger partial charge in [-0.25, -0.2) is 4.79 Å². The third kappa shape index (κ3) is 4.28. The molecule has 0 spiro atoms. The van der Waals surface area contributed by atoms with Crippen molar-refractivity contribution < 1.29 is 23.6 Å². The van der Waals surface area contributed by atoms with E-state index in [1.165, 1.54) is 6.42 Å². The highest BCUT2D eigenvalue weighted by molar-refractivity contribution is 6.47. The van der Waals surface area contributed by atoms with Crippen LogP contribution in [0.25, 0.3) is 0 Å². The molecule has 1 aromatic rings. The number of carbonyl (C=O) groups is 2. The van der Waals surface area contributed by atoms with Crippen molar-refractivity contribution in [1.29, 1.82) is 5.26 Å². The molecular weight excluding hydrogens is 457 g/mol. The van der Waals surface area contributed by atoms with Gasteiger partial charge in [0.1, 0.15) is 12.5 Å². The summed E-state index contributed by atoms with van der Waals surface area (Å²) >= 11 is 0. The monoisotopic (exact) mass is 493 g/mol. The van der Waals surface area contributed by atoms with Crippen LogP contribution in [0.1, 0.15) is 52.0 Å². The molecule has 0 radical (unpaired) electrons. The van der Waals surface area contributed by atoms with Crippen LogP contribution in [0.3, 0.4) is 0 Å². The Bertz CT molecular complexity index is 1050. The summed E-state index contributed by atoms with van der Waals surface area (Å²) in [5, 5.41) is 8.80. The average molecular weight is 493 g/mol. The van der Waals surface area contributed by atoms with Crippen LogP contribution in [-0.4, -0.2) is 72.8 Å². The first-order valence-corrected chi connectivity index (χ1v) is 13.1. The van der Waals surface area contributed by atoms with Gasteiger partial charge in [-0.2, -0.15) is 5.26 Å². The lowest BCUT2D eigenvalue weighted by Crippen LogP contribution is -2.65. The third-order valence-electron chi connectivity index (χ3n) is 9.35. The number of ether oxygens (including phenoxy) is 1. The maximum atomic E-state index is 13.3. The van der Waals surface area contributed by atoms with Crippen LogP contribution < -0.4 is 0 Å². The van der Waals surface area contributed by atoms with E-state index in [1.54, 1.807) is 16.8 Å². The quantitative estimate of drug-likeness (QED) is 0.564. The van der Waals surface area contributed by atoms with Gasteiger partial charge in [-0.1, -0.05) is 44.2 Å². The van der Waals surface area contributed by atoms with E-state index in [0.717, 1.165) is 12.0 Å². The molecule has 8 nitrogen and oxygen atoms in total. The van der Waals surface area contributed by atoms with Crippen LogP contribution in [-0.2, 0) is 25.3 Å². The maximum Gasteiger partial charge on any atom is 0.482 e. The number of likely N-dealkylation sites (N-methyl/N-ethyl adjacent to an activating group) is 1. The lowest BCUT2D eigenvalue weighted by Gasteiger charge is -2.64. The molecule has 0 aromatic heterocycles. The number of likely N-dealkylation sites (tertiary alicyclic amines) is 1. The van der Waals surface area contributed by atoms with Crippen molar-refractivity contribution in [1.82, 2.24) is 9.80 Å². The Balaban J connectivity index is 1.30. The maximum absolute atomic E-state index is 13.3. The van der Waals surface area contributed by atoms with Crippen LogP contribution in [0.15, 0.2) is 30.3 Å². The Morgan fingerprint density at radius 3 is 2.72 bits per heavy atom. The molecule has 9 heteroatoms. The Hall–Kier alpha value is -2.57. The van der Waals surface area contributed by atoms with E-state index in [9.17, 15) is 9.59 Å². The fourth-order valence-electron chi connectivity index (χ4n) is 6.93. The number of carbonyl (C=O) groups excluding carboxylic acids is 2. The highest BCUT2D eigenvalue weighted by Crippen LogP contribution is 2.65. The molecular formula is C27H36BN3O5. The molecule has 5 fully saturated rings. The van der Waals surface area contributed by atoms with Crippen molar-refractivity contribution in [2.24, 2.45) is 17.3 Å². The van der Waals surface area contributed by atoms with Crippen LogP contribution in [0.4, 0.5) is 4.79 Å². The number of hydrogen-bond acceptors (Lipinski definition) is 6. The molecule has 0 N–H and O–H groups in total. The standard InChI is InChI=1S/C27H36BN3O5/c1-26(2)19-15-21(26)27(3)22(16-19)35-28(36-27)23(14-18-8-6-5-7-9-18)30(4)25(33)34-20-11-13-31(17-20)24(32)10-12-29/h5-9,19-23H,10-11,13-17H2,1-4H3/t19-,20-,21-,22+,23-,27-/m0/s1. The van der Waals surface area contributed by atoms with Crippen molar-refractivity contribution in [3.63, 3.8) is 0 Å². The summed E-state index contributed by atoms with van der Waals surface area (Å²) in [4.78, 5) is 28.5. The second kappa shape index (κ2) is 9.39. The van der Waals surface area contributed by atoms with Gasteiger partial charge in [0.15, 0.2) is 0 Å². The molecule has 2 heterocycles. The summed E-state index contributed by atoms with van der Waals surface area (Å²) < 4.78 is 19.1. The predicted molar refractivity (Wildman–Crippen MR) is 134 cm³/mol. The number of nitriles is 1. The molecule has 3 aliphatic carbocycles. The lowest BCUT2D eigenvalue weighted by atomic mass is 9.43. The molecule has 36 heavy (non-hydrogen) atoms. The highest BCUT2D eigenvalue weighted by Gasteiger charge is 2.68. The molecule has 2 aliphatic heterocycles. The zero-order chi connectivity index (χ0) is 25.7. The summed E-state index contributed by atoms with van der Waals surface area (Å²) in [5.74, 6) is 0.493. The van der Waals surface area contributed by atoms with E-state index in [-0.39, 0.29) is 35.4 Å². The lowest BCUT2D eigenvalue weighted by molar-refractivity contribution is -0.199. The van der Waals surface area contributed by atoms with E-state index < -0.39 is 19.3 Å². The first-order chi connectivity index (χ1) is 17.1. The third-order valence-corrected chi connectivity index (χ3v) is 9.35. The summed E-state index contributed by atoms with van der Waals surface area (Å²) in [5.41, 5.74) is 0.962. The number of nitrogens with zero attached hydrogens (tertiary/aromatic N) is 3. The summed E-state index contributed by atoms with van der Waals surface area (Å²) in [6, 6.07) is 11.9. The van der Waals surface area contributed by atoms with E-state index in [1.807, 2.05) is 36.4 Å². The molecule has 1 aromatic carbocycles. The fourth-order valence-corrected chi connectivity index (χ4v) is 6.93. The minimum atomic E-state index is -0.551. The number of benzene rings is 1. The normalized spacial score (nSPS) is 32.8. The average Bonchev–Trinajstić information content (AvgIpc) is 3.46. The van der Waals surface area contributed by atoms with Crippen molar-refractivity contribution in [3.8, 4) is 6.07 Å². The van der Waals surface area contributed by atoms with E-state index in [4.69, 9.17) is 19.3 Å². The first kappa shape index (κ1) is 25.1. The van der Waals surface area contributed by atoms with Gasteiger partial charge in [0.25, 0.3) is 0 Å². The Kier molecular flexibility index (Phi) is 6.54. The van der Waals surface area contributed by atoms with Crippen LogP contribution in [0, 0.1) is 28.6 Å². The van der Waals surface area contributed by atoms with Crippen LogP contribution in [0.2, 0.25) is 0 Å². The fraction of sp³-hybridized carbons (Fsp3) is 0.667. The Morgan fingerprint density at radius 2 is 2.03 bits per heavy atom. The minimum absolute atomic E-state index is 0.0245. The van der Waals surface area contributed by atoms with E-state index >= 15 is 0 Å². The number of hydrogen-bond donors (Lipinski definition) is 0. The van der Waals surface area contributed by atoms with Gasteiger partial charge in [-0.3, -0.25) is 4.79 Å². The van der Waals surface area contributed by atoms with Gasteiger partial charge in [-0.05, 0) is 49.0 Å². The Labute approximate surface area is 214 Å². The van der Waals surface area contributed by atoms with E-state index in [0.29, 0.717) is 37.8 Å². The first-order valence-electron chi connectivity index (χ1n) is 13.1. The van der Waals surface area contributed by atoms with Gasteiger partial charge in [0.05, 0.1) is 30.3 Å². The number of amides is 2. The molecule has 2 amide bonds. The van der Waals surface area contributed by atoms with Gasteiger partial charge in [0, 0.05) is 20.0 Å². The van der Waals surface area contributed by atoms with Crippen LogP contribution >= 0.6 is 0 Å². The molecule has 192 valence electrons. The highest BCUT2D eigenvalue weighted by atomic mass is 16.7. The molecule has 6 rings (SSSR count). The zero-order valence-corrected chi connectivity index (χ0v) is 21.7. The second-order valence-electron chi connectivity index (χ2n) is 11.7. The minimum Gasteiger partial charge on any atom is -0.444 e. The number of rotatable bonds is 6. The second-order valence-corrected chi connectivity index (χ2v) is 11.7.